The molecule has 0 fully saturated rings. The Hall–Kier alpha value is -1.78. The molecule has 0 bridgehead atoms. The van der Waals surface area contributed by atoms with Crippen LogP contribution in [0.2, 0.25) is 0 Å². The third-order valence-electron chi connectivity index (χ3n) is 2.77. The lowest BCUT2D eigenvalue weighted by molar-refractivity contribution is -0.117. The van der Waals surface area contributed by atoms with E-state index in [0.717, 1.165) is 12.8 Å². The zero-order chi connectivity index (χ0) is 12.4. The second-order valence-electron chi connectivity index (χ2n) is 4.01. The topological polar surface area (TPSA) is 50.4 Å². The smallest absolute Gasteiger partial charge is 0.246 e. The first kappa shape index (κ1) is 11.7. The molecule has 0 saturated heterocycles. The van der Waals surface area contributed by atoms with Crippen LogP contribution in [0, 0.1) is 5.82 Å². The van der Waals surface area contributed by atoms with Gasteiger partial charge in [-0.2, -0.15) is 0 Å². The molecule has 0 saturated carbocycles. The van der Waals surface area contributed by atoms with Crippen molar-refractivity contribution in [3.8, 4) is 5.75 Å². The number of halogens is 1. The van der Waals surface area contributed by atoms with Crippen molar-refractivity contribution in [3.05, 3.63) is 17.9 Å². The standard InChI is InChI=1S/C12H15FN2O2/c1-3-4-8-12(16)15-9-5-7(13)11(17-2)6-10(9)14-8/h5-6,8,14H,3-4H2,1-2H3,(H,15,16). The largest absolute Gasteiger partial charge is 0.494 e. The van der Waals surface area contributed by atoms with Crippen molar-refractivity contribution in [3.63, 3.8) is 0 Å². The molecule has 92 valence electrons. The van der Waals surface area contributed by atoms with E-state index in [0.29, 0.717) is 11.4 Å². The number of benzene rings is 1. The zero-order valence-electron chi connectivity index (χ0n) is 9.84. The summed E-state index contributed by atoms with van der Waals surface area (Å²) in [6.07, 6.45) is 1.64. The highest BCUT2D eigenvalue weighted by molar-refractivity contribution is 6.03. The maximum Gasteiger partial charge on any atom is 0.246 e. The predicted octanol–water partition coefficient (Wildman–Crippen LogP) is 2.37. The van der Waals surface area contributed by atoms with Crippen LogP contribution in [0.25, 0.3) is 0 Å². The van der Waals surface area contributed by atoms with Crippen LogP contribution in [0.15, 0.2) is 12.1 Å². The Morgan fingerprint density at radius 3 is 2.82 bits per heavy atom. The molecule has 1 aliphatic rings. The van der Waals surface area contributed by atoms with Gasteiger partial charge in [0.05, 0.1) is 18.5 Å². The summed E-state index contributed by atoms with van der Waals surface area (Å²) in [7, 11) is 1.41. The van der Waals surface area contributed by atoms with Crippen LogP contribution in [-0.4, -0.2) is 19.1 Å². The molecular weight excluding hydrogens is 223 g/mol. The SMILES string of the molecule is CCCC1Nc2cc(OC)c(F)cc2NC1=O. The number of hydrogen-bond acceptors (Lipinski definition) is 3. The summed E-state index contributed by atoms with van der Waals surface area (Å²) < 4.78 is 18.4. The number of carbonyl (C=O) groups is 1. The molecule has 0 aliphatic carbocycles. The maximum atomic E-state index is 13.4. The summed E-state index contributed by atoms with van der Waals surface area (Å²) in [6, 6.07) is 2.57. The van der Waals surface area contributed by atoms with Gasteiger partial charge in [0.1, 0.15) is 6.04 Å². The van der Waals surface area contributed by atoms with Crippen LogP contribution < -0.4 is 15.4 Å². The van der Waals surface area contributed by atoms with E-state index in [1.807, 2.05) is 6.92 Å². The highest BCUT2D eigenvalue weighted by atomic mass is 19.1. The molecule has 1 amide bonds. The Kier molecular flexibility index (Phi) is 3.17. The molecule has 4 nitrogen and oxygen atoms in total. The molecule has 5 heteroatoms. The van der Waals surface area contributed by atoms with Crippen LogP contribution in [0.1, 0.15) is 19.8 Å². The fourth-order valence-electron chi connectivity index (χ4n) is 1.90. The van der Waals surface area contributed by atoms with Crippen LogP contribution in [0.3, 0.4) is 0 Å². The lowest BCUT2D eigenvalue weighted by Crippen LogP contribution is -2.38. The number of rotatable bonds is 3. The molecule has 1 aromatic carbocycles. The van der Waals surface area contributed by atoms with E-state index in [2.05, 4.69) is 10.6 Å². The van der Waals surface area contributed by atoms with Crippen molar-refractivity contribution < 1.29 is 13.9 Å². The van der Waals surface area contributed by atoms with Crippen molar-refractivity contribution in [1.29, 1.82) is 0 Å². The molecule has 1 heterocycles. The minimum absolute atomic E-state index is 0.121. The number of hydrogen-bond donors (Lipinski definition) is 2. The molecule has 1 atom stereocenters. The van der Waals surface area contributed by atoms with Crippen molar-refractivity contribution in [2.24, 2.45) is 0 Å². The van der Waals surface area contributed by atoms with Gasteiger partial charge in [-0.3, -0.25) is 4.79 Å². The van der Waals surface area contributed by atoms with E-state index in [-0.39, 0.29) is 17.7 Å². The quantitative estimate of drug-likeness (QED) is 0.850. The minimum atomic E-state index is -0.484. The number of amides is 1. The summed E-state index contributed by atoms with van der Waals surface area (Å²) in [5.41, 5.74) is 1.15. The van der Waals surface area contributed by atoms with Gasteiger partial charge in [0, 0.05) is 12.1 Å². The van der Waals surface area contributed by atoms with Gasteiger partial charge >= 0.3 is 0 Å². The number of nitrogens with one attached hydrogen (secondary N) is 2. The van der Waals surface area contributed by atoms with Crippen LogP contribution in [0.5, 0.6) is 5.75 Å². The fourth-order valence-corrected chi connectivity index (χ4v) is 1.90. The Labute approximate surface area is 99.2 Å². The maximum absolute atomic E-state index is 13.4. The lowest BCUT2D eigenvalue weighted by Gasteiger charge is -2.27. The molecular formula is C12H15FN2O2. The zero-order valence-corrected chi connectivity index (χ0v) is 9.84. The van der Waals surface area contributed by atoms with Crippen molar-refractivity contribution in [2.75, 3.05) is 17.7 Å². The summed E-state index contributed by atoms with van der Waals surface area (Å²) in [6.45, 7) is 2.01. The highest BCUT2D eigenvalue weighted by Crippen LogP contribution is 2.33. The second-order valence-corrected chi connectivity index (χ2v) is 4.01. The number of anilines is 2. The molecule has 1 aromatic rings. The molecule has 0 aromatic heterocycles. The highest BCUT2D eigenvalue weighted by Gasteiger charge is 2.25. The van der Waals surface area contributed by atoms with Gasteiger partial charge in [-0.1, -0.05) is 13.3 Å². The van der Waals surface area contributed by atoms with Crippen LogP contribution in [0.4, 0.5) is 15.8 Å². The van der Waals surface area contributed by atoms with Crippen LogP contribution >= 0.6 is 0 Å². The van der Waals surface area contributed by atoms with Gasteiger partial charge in [0.2, 0.25) is 5.91 Å². The summed E-state index contributed by atoms with van der Waals surface area (Å²) in [5.74, 6) is -0.436. The van der Waals surface area contributed by atoms with E-state index in [9.17, 15) is 9.18 Å². The van der Waals surface area contributed by atoms with E-state index in [1.54, 1.807) is 6.07 Å². The number of methoxy groups -OCH3 is 1. The number of ether oxygens (including phenoxy) is 1. The summed E-state index contributed by atoms with van der Waals surface area (Å²) >= 11 is 0. The molecule has 2 rings (SSSR count). The lowest BCUT2D eigenvalue weighted by atomic mass is 10.1. The molecule has 1 unspecified atom stereocenters. The molecule has 0 radical (unpaired) electrons. The van der Waals surface area contributed by atoms with E-state index in [1.165, 1.54) is 13.2 Å². The second kappa shape index (κ2) is 4.61. The van der Waals surface area contributed by atoms with Crippen LogP contribution in [-0.2, 0) is 4.79 Å². The number of fused-ring (bicyclic) bond motifs is 1. The van der Waals surface area contributed by atoms with Gasteiger partial charge in [-0.15, -0.1) is 0 Å². The first-order chi connectivity index (χ1) is 8.15. The normalized spacial score (nSPS) is 18.1. The molecule has 17 heavy (non-hydrogen) atoms. The Morgan fingerprint density at radius 1 is 1.41 bits per heavy atom. The van der Waals surface area contributed by atoms with Crippen molar-refractivity contribution in [1.82, 2.24) is 0 Å². The Bertz CT molecular complexity index is 448. The minimum Gasteiger partial charge on any atom is -0.494 e. The van der Waals surface area contributed by atoms with Gasteiger partial charge < -0.3 is 15.4 Å². The first-order valence-electron chi connectivity index (χ1n) is 5.60. The van der Waals surface area contributed by atoms with E-state index >= 15 is 0 Å². The summed E-state index contributed by atoms with van der Waals surface area (Å²) in [5, 5.41) is 5.78. The molecule has 1 aliphatic heterocycles. The van der Waals surface area contributed by atoms with Gasteiger partial charge in [0.15, 0.2) is 11.6 Å². The third-order valence-corrected chi connectivity index (χ3v) is 2.77. The Balaban J connectivity index is 2.32. The predicted molar refractivity (Wildman–Crippen MR) is 63.9 cm³/mol. The van der Waals surface area contributed by atoms with Crippen molar-refractivity contribution in [2.45, 2.75) is 25.8 Å². The average molecular weight is 238 g/mol. The monoisotopic (exact) mass is 238 g/mol. The Morgan fingerprint density at radius 2 is 2.18 bits per heavy atom. The van der Waals surface area contributed by atoms with Gasteiger partial charge in [-0.05, 0) is 6.42 Å². The number of carbonyl (C=O) groups excluding carboxylic acids is 1. The fraction of sp³-hybridized carbons (Fsp3) is 0.417. The van der Waals surface area contributed by atoms with E-state index < -0.39 is 5.82 Å². The summed E-state index contributed by atoms with van der Waals surface area (Å²) in [4.78, 5) is 11.7. The third kappa shape index (κ3) is 2.18. The van der Waals surface area contributed by atoms with Gasteiger partial charge in [0.25, 0.3) is 0 Å². The molecule has 0 spiro atoms. The average Bonchev–Trinajstić information content (AvgIpc) is 2.30. The molecule has 2 N–H and O–H groups in total. The first-order valence-corrected chi connectivity index (χ1v) is 5.60. The van der Waals surface area contributed by atoms with E-state index in [4.69, 9.17) is 4.74 Å². The van der Waals surface area contributed by atoms with Gasteiger partial charge in [-0.25, -0.2) is 4.39 Å². The van der Waals surface area contributed by atoms with Crippen molar-refractivity contribution >= 4 is 17.3 Å².